The minimum atomic E-state index is -0.298. The van der Waals surface area contributed by atoms with Gasteiger partial charge in [0.1, 0.15) is 17.6 Å². The lowest BCUT2D eigenvalue weighted by Gasteiger charge is -2.09. The monoisotopic (exact) mass is 282 g/mol. The van der Waals surface area contributed by atoms with E-state index in [1.54, 1.807) is 55.6 Å². The van der Waals surface area contributed by atoms with Gasteiger partial charge in [0, 0.05) is 5.69 Å². The van der Waals surface area contributed by atoms with Crippen molar-refractivity contribution in [1.82, 2.24) is 0 Å². The molecule has 0 fully saturated rings. The number of carbonyl (C=O) groups is 1. The van der Waals surface area contributed by atoms with Gasteiger partial charge in [-0.15, -0.1) is 0 Å². The van der Waals surface area contributed by atoms with Crippen molar-refractivity contribution < 1.29 is 14.3 Å². The van der Waals surface area contributed by atoms with Crippen LogP contribution >= 0.6 is 0 Å². The maximum atomic E-state index is 11.8. The van der Waals surface area contributed by atoms with Crippen LogP contribution in [-0.4, -0.2) is 19.6 Å². The molecule has 5 heteroatoms. The third kappa shape index (κ3) is 3.98. The zero-order valence-corrected chi connectivity index (χ0v) is 11.5. The quantitative estimate of drug-likeness (QED) is 0.915. The molecule has 1 amide bonds. The summed E-state index contributed by atoms with van der Waals surface area (Å²) in [5.41, 5.74) is 1.05. The average Bonchev–Trinajstić information content (AvgIpc) is 2.54. The number of hydrogen-bond donors (Lipinski definition) is 1. The molecule has 5 nitrogen and oxygen atoms in total. The Kier molecular flexibility index (Phi) is 4.78. The largest absolute Gasteiger partial charge is 0.497 e. The zero-order chi connectivity index (χ0) is 15.1. The Morgan fingerprint density at radius 3 is 2.57 bits per heavy atom. The van der Waals surface area contributed by atoms with Gasteiger partial charge >= 0.3 is 0 Å². The molecule has 21 heavy (non-hydrogen) atoms. The molecule has 0 unspecified atom stereocenters. The first kappa shape index (κ1) is 14.4. The third-order valence-electron chi connectivity index (χ3n) is 2.74. The summed E-state index contributed by atoms with van der Waals surface area (Å²) >= 11 is 0. The van der Waals surface area contributed by atoms with Crippen LogP contribution in [-0.2, 0) is 4.79 Å². The number of nitriles is 1. The van der Waals surface area contributed by atoms with Crippen LogP contribution in [0.3, 0.4) is 0 Å². The molecule has 0 aromatic heterocycles. The fraction of sp³-hybridized carbons (Fsp3) is 0.125. The number of nitrogens with one attached hydrogen (secondary N) is 1. The van der Waals surface area contributed by atoms with Crippen LogP contribution in [0.25, 0.3) is 0 Å². The fourth-order valence-electron chi connectivity index (χ4n) is 1.70. The number of benzene rings is 2. The van der Waals surface area contributed by atoms with Crippen LogP contribution in [0.1, 0.15) is 5.56 Å². The van der Waals surface area contributed by atoms with E-state index < -0.39 is 0 Å². The highest BCUT2D eigenvalue weighted by molar-refractivity contribution is 5.91. The van der Waals surface area contributed by atoms with E-state index >= 15 is 0 Å². The van der Waals surface area contributed by atoms with Crippen LogP contribution in [0.2, 0.25) is 0 Å². The number of anilines is 1. The number of methoxy groups -OCH3 is 1. The van der Waals surface area contributed by atoms with Gasteiger partial charge in [-0.05, 0) is 36.4 Å². The molecule has 0 radical (unpaired) electrons. The molecule has 1 N–H and O–H groups in total. The van der Waals surface area contributed by atoms with Gasteiger partial charge < -0.3 is 14.8 Å². The molecule has 0 saturated carbocycles. The van der Waals surface area contributed by atoms with Gasteiger partial charge in [-0.3, -0.25) is 4.79 Å². The number of rotatable bonds is 5. The molecule has 0 atom stereocenters. The minimum absolute atomic E-state index is 0.162. The molecule has 0 heterocycles. The predicted octanol–water partition coefficient (Wildman–Crippen LogP) is 2.58. The molecule has 0 aliphatic heterocycles. The minimum Gasteiger partial charge on any atom is -0.497 e. The van der Waals surface area contributed by atoms with Gasteiger partial charge in [-0.2, -0.15) is 5.26 Å². The van der Waals surface area contributed by atoms with Gasteiger partial charge in [0.15, 0.2) is 6.61 Å². The van der Waals surface area contributed by atoms with E-state index in [4.69, 9.17) is 14.7 Å². The molecular formula is C16H14N2O3. The maximum absolute atomic E-state index is 11.8. The van der Waals surface area contributed by atoms with E-state index in [0.717, 1.165) is 0 Å². The molecule has 0 saturated heterocycles. The van der Waals surface area contributed by atoms with Crippen LogP contribution < -0.4 is 14.8 Å². The first-order chi connectivity index (χ1) is 10.2. The summed E-state index contributed by atoms with van der Waals surface area (Å²) in [4.78, 5) is 11.8. The van der Waals surface area contributed by atoms with Crippen molar-refractivity contribution in [2.75, 3.05) is 19.0 Å². The van der Waals surface area contributed by atoms with Crippen LogP contribution in [0.5, 0.6) is 11.5 Å². The molecule has 0 bridgehead atoms. The second kappa shape index (κ2) is 6.96. The highest BCUT2D eigenvalue weighted by Gasteiger charge is 2.06. The van der Waals surface area contributed by atoms with Crippen molar-refractivity contribution in [2.45, 2.75) is 0 Å². The van der Waals surface area contributed by atoms with E-state index in [9.17, 15) is 4.79 Å². The Bertz CT molecular complexity index is 660. The second-order valence-electron chi connectivity index (χ2n) is 4.17. The summed E-state index contributed by atoms with van der Waals surface area (Å²) in [6.45, 7) is -0.162. The number of hydrogen-bond acceptors (Lipinski definition) is 4. The van der Waals surface area contributed by atoms with Gasteiger partial charge in [-0.25, -0.2) is 0 Å². The lowest BCUT2D eigenvalue weighted by atomic mass is 10.2. The molecular weight excluding hydrogens is 268 g/mol. The fourth-order valence-corrected chi connectivity index (χ4v) is 1.70. The zero-order valence-electron chi connectivity index (χ0n) is 11.5. The van der Waals surface area contributed by atoms with Gasteiger partial charge in [0.2, 0.25) is 0 Å². The highest BCUT2D eigenvalue weighted by atomic mass is 16.5. The summed E-state index contributed by atoms with van der Waals surface area (Å²) < 4.78 is 10.4. The number of amides is 1. The number of para-hydroxylation sites is 1. The Labute approximate surface area is 122 Å². The standard InChI is InChI=1S/C16H14N2O3/c1-20-14-8-6-13(7-9-14)18-16(19)11-21-15-5-3-2-4-12(15)10-17/h2-9H,11H2,1H3,(H,18,19). The van der Waals surface area contributed by atoms with E-state index in [1.165, 1.54) is 0 Å². The lowest BCUT2D eigenvalue weighted by molar-refractivity contribution is -0.118. The number of ether oxygens (including phenoxy) is 2. The van der Waals surface area contributed by atoms with Gasteiger partial charge in [0.25, 0.3) is 5.91 Å². The molecule has 0 aliphatic carbocycles. The van der Waals surface area contributed by atoms with Gasteiger partial charge in [0.05, 0.1) is 12.7 Å². The maximum Gasteiger partial charge on any atom is 0.262 e. The number of nitrogens with zero attached hydrogens (tertiary/aromatic N) is 1. The van der Waals surface area contributed by atoms with E-state index in [0.29, 0.717) is 22.7 Å². The van der Waals surface area contributed by atoms with Crippen molar-refractivity contribution in [3.05, 3.63) is 54.1 Å². The highest BCUT2D eigenvalue weighted by Crippen LogP contribution is 2.17. The summed E-state index contributed by atoms with van der Waals surface area (Å²) in [6.07, 6.45) is 0. The summed E-state index contributed by atoms with van der Waals surface area (Å²) in [6, 6.07) is 15.8. The van der Waals surface area contributed by atoms with Crippen molar-refractivity contribution >= 4 is 11.6 Å². The van der Waals surface area contributed by atoms with E-state index in [-0.39, 0.29) is 12.5 Å². The first-order valence-electron chi connectivity index (χ1n) is 6.29. The van der Waals surface area contributed by atoms with Crippen LogP contribution in [0.4, 0.5) is 5.69 Å². The molecule has 2 rings (SSSR count). The SMILES string of the molecule is COc1ccc(NC(=O)COc2ccccc2C#N)cc1. The van der Waals surface area contributed by atoms with Crippen molar-refractivity contribution in [2.24, 2.45) is 0 Å². The molecule has 2 aromatic rings. The van der Waals surface area contributed by atoms with E-state index in [2.05, 4.69) is 5.32 Å². The molecule has 106 valence electrons. The van der Waals surface area contributed by atoms with Crippen LogP contribution in [0.15, 0.2) is 48.5 Å². The molecule has 2 aromatic carbocycles. The Morgan fingerprint density at radius 1 is 1.19 bits per heavy atom. The second-order valence-corrected chi connectivity index (χ2v) is 4.17. The lowest BCUT2D eigenvalue weighted by Crippen LogP contribution is -2.20. The third-order valence-corrected chi connectivity index (χ3v) is 2.74. The van der Waals surface area contributed by atoms with Crippen LogP contribution in [0, 0.1) is 11.3 Å². The average molecular weight is 282 g/mol. The first-order valence-corrected chi connectivity index (χ1v) is 6.29. The number of carbonyl (C=O) groups excluding carboxylic acids is 1. The summed E-state index contributed by atoms with van der Waals surface area (Å²) in [5.74, 6) is 0.810. The molecule has 0 spiro atoms. The van der Waals surface area contributed by atoms with E-state index in [1.807, 2.05) is 6.07 Å². The smallest absolute Gasteiger partial charge is 0.262 e. The Morgan fingerprint density at radius 2 is 1.90 bits per heavy atom. The van der Waals surface area contributed by atoms with Crippen molar-refractivity contribution in [3.63, 3.8) is 0 Å². The van der Waals surface area contributed by atoms with Crippen molar-refractivity contribution in [3.8, 4) is 17.6 Å². The normalized spacial score (nSPS) is 9.52. The van der Waals surface area contributed by atoms with Crippen molar-refractivity contribution in [1.29, 1.82) is 5.26 Å². The predicted molar refractivity (Wildman–Crippen MR) is 78.3 cm³/mol. The Balaban J connectivity index is 1.91. The topological polar surface area (TPSA) is 71.3 Å². The Hall–Kier alpha value is -3.00. The summed E-state index contributed by atoms with van der Waals surface area (Å²) in [5, 5.41) is 11.6. The summed E-state index contributed by atoms with van der Waals surface area (Å²) in [7, 11) is 1.58. The molecule has 0 aliphatic rings. The van der Waals surface area contributed by atoms with Gasteiger partial charge in [-0.1, -0.05) is 12.1 Å².